The number of carbonyl (C=O) groups is 1. The SMILES string of the molecule is O=C(Nc1cccc2cc(S(=O)(=O)O)ccc12)c1cc2ccccc2cc1O. The van der Waals surface area contributed by atoms with E-state index in [9.17, 15) is 22.9 Å². The zero-order valence-corrected chi connectivity index (χ0v) is 15.3. The van der Waals surface area contributed by atoms with Crippen LogP contribution in [0.5, 0.6) is 5.75 Å². The van der Waals surface area contributed by atoms with Crippen LogP contribution in [0.15, 0.2) is 77.7 Å². The number of benzene rings is 4. The molecular weight excluding hydrogens is 378 g/mol. The molecule has 0 aliphatic carbocycles. The van der Waals surface area contributed by atoms with Crippen molar-refractivity contribution in [2.45, 2.75) is 4.90 Å². The minimum atomic E-state index is -4.32. The maximum Gasteiger partial charge on any atom is 0.294 e. The van der Waals surface area contributed by atoms with Gasteiger partial charge in [-0.05, 0) is 46.5 Å². The Kier molecular flexibility index (Phi) is 4.26. The molecule has 0 radical (unpaired) electrons. The number of carbonyl (C=O) groups excluding carboxylic acids is 1. The zero-order valence-electron chi connectivity index (χ0n) is 14.5. The Morgan fingerprint density at radius 1 is 0.821 bits per heavy atom. The van der Waals surface area contributed by atoms with Crippen LogP contribution >= 0.6 is 0 Å². The quantitative estimate of drug-likeness (QED) is 0.453. The third-order valence-electron chi connectivity index (χ3n) is 4.51. The topological polar surface area (TPSA) is 104 Å². The smallest absolute Gasteiger partial charge is 0.294 e. The summed E-state index contributed by atoms with van der Waals surface area (Å²) in [5, 5.41) is 15.8. The number of rotatable bonds is 3. The van der Waals surface area contributed by atoms with E-state index in [2.05, 4.69) is 5.32 Å². The number of amides is 1. The molecule has 0 fully saturated rings. The summed E-state index contributed by atoms with van der Waals surface area (Å²) in [6.07, 6.45) is 0. The fraction of sp³-hybridized carbons (Fsp3) is 0. The van der Waals surface area contributed by atoms with Gasteiger partial charge in [0.25, 0.3) is 16.0 Å². The van der Waals surface area contributed by atoms with Crippen LogP contribution in [0.3, 0.4) is 0 Å². The van der Waals surface area contributed by atoms with Gasteiger partial charge >= 0.3 is 0 Å². The van der Waals surface area contributed by atoms with Crippen LogP contribution in [0, 0.1) is 0 Å². The second kappa shape index (κ2) is 6.63. The Balaban J connectivity index is 1.74. The van der Waals surface area contributed by atoms with Crippen LogP contribution in [0.4, 0.5) is 5.69 Å². The Morgan fingerprint density at radius 3 is 2.21 bits per heavy atom. The zero-order chi connectivity index (χ0) is 19.9. The molecule has 0 unspecified atom stereocenters. The summed E-state index contributed by atoms with van der Waals surface area (Å²) in [4.78, 5) is 12.5. The first-order valence-corrected chi connectivity index (χ1v) is 9.80. The molecule has 3 N–H and O–H groups in total. The molecule has 140 valence electrons. The van der Waals surface area contributed by atoms with Gasteiger partial charge in [0.2, 0.25) is 0 Å². The van der Waals surface area contributed by atoms with E-state index in [1.54, 1.807) is 24.3 Å². The molecule has 7 heteroatoms. The van der Waals surface area contributed by atoms with Crippen molar-refractivity contribution in [3.05, 3.63) is 78.4 Å². The van der Waals surface area contributed by atoms with E-state index in [-0.39, 0.29) is 16.2 Å². The average molecular weight is 393 g/mol. The van der Waals surface area contributed by atoms with Gasteiger partial charge in [0.05, 0.1) is 10.5 Å². The monoisotopic (exact) mass is 393 g/mol. The summed E-state index contributed by atoms with van der Waals surface area (Å²) in [7, 11) is -4.32. The molecule has 4 aromatic rings. The number of phenols is 1. The second-order valence-corrected chi connectivity index (χ2v) is 7.76. The molecule has 28 heavy (non-hydrogen) atoms. The average Bonchev–Trinajstić information content (AvgIpc) is 2.66. The van der Waals surface area contributed by atoms with Gasteiger partial charge in [-0.2, -0.15) is 8.42 Å². The highest BCUT2D eigenvalue weighted by Crippen LogP contribution is 2.29. The van der Waals surface area contributed by atoms with E-state index in [0.717, 1.165) is 10.8 Å². The van der Waals surface area contributed by atoms with E-state index < -0.39 is 16.0 Å². The Morgan fingerprint density at radius 2 is 1.50 bits per heavy atom. The second-order valence-electron chi connectivity index (χ2n) is 6.33. The lowest BCUT2D eigenvalue weighted by atomic mass is 10.0. The van der Waals surface area contributed by atoms with Crippen molar-refractivity contribution in [2.75, 3.05) is 5.32 Å². The van der Waals surface area contributed by atoms with E-state index >= 15 is 0 Å². The van der Waals surface area contributed by atoms with Gasteiger partial charge in [-0.25, -0.2) is 0 Å². The molecule has 0 aliphatic heterocycles. The van der Waals surface area contributed by atoms with Crippen molar-refractivity contribution in [2.24, 2.45) is 0 Å². The minimum absolute atomic E-state index is 0.130. The number of hydrogen-bond donors (Lipinski definition) is 3. The lowest BCUT2D eigenvalue weighted by molar-refractivity contribution is 0.102. The maximum atomic E-state index is 12.7. The van der Waals surface area contributed by atoms with Crippen LogP contribution in [-0.2, 0) is 10.1 Å². The molecule has 0 atom stereocenters. The summed E-state index contributed by atoms with van der Waals surface area (Å²) in [5.74, 6) is -0.625. The van der Waals surface area contributed by atoms with Crippen LogP contribution in [0.25, 0.3) is 21.5 Å². The molecule has 0 heterocycles. The van der Waals surface area contributed by atoms with Gasteiger partial charge in [-0.3, -0.25) is 9.35 Å². The lowest BCUT2D eigenvalue weighted by Gasteiger charge is -2.11. The number of anilines is 1. The minimum Gasteiger partial charge on any atom is -0.507 e. The van der Waals surface area contributed by atoms with Crippen molar-refractivity contribution >= 4 is 43.3 Å². The molecule has 6 nitrogen and oxygen atoms in total. The first-order valence-electron chi connectivity index (χ1n) is 8.36. The fourth-order valence-corrected chi connectivity index (χ4v) is 3.65. The molecule has 0 spiro atoms. The number of nitrogens with one attached hydrogen (secondary N) is 1. The fourth-order valence-electron chi connectivity index (χ4n) is 3.13. The Bertz CT molecular complexity index is 1350. The lowest BCUT2D eigenvalue weighted by Crippen LogP contribution is -2.12. The van der Waals surface area contributed by atoms with Gasteiger partial charge in [0.15, 0.2) is 0 Å². The number of hydrogen-bond acceptors (Lipinski definition) is 4. The molecule has 0 saturated carbocycles. The van der Waals surface area contributed by atoms with Crippen molar-refractivity contribution in [3.8, 4) is 5.75 Å². The van der Waals surface area contributed by atoms with Crippen LogP contribution in [0.2, 0.25) is 0 Å². The van der Waals surface area contributed by atoms with Gasteiger partial charge in [-0.15, -0.1) is 0 Å². The van der Waals surface area contributed by atoms with Crippen LogP contribution < -0.4 is 5.32 Å². The molecule has 0 aliphatic rings. The van der Waals surface area contributed by atoms with Gasteiger partial charge in [-0.1, -0.05) is 42.5 Å². The van der Waals surface area contributed by atoms with E-state index in [0.29, 0.717) is 16.5 Å². The highest BCUT2D eigenvalue weighted by molar-refractivity contribution is 7.85. The highest BCUT2D eigenvalue weighted by Gasteiger charge is 2.15. The summed E-state index contributed by atoms with van der Waals surface area (Å²) in [5.41, 5.74) is 0.585. The van der Waals surface area contributed by atoms with Gasteiger partial charge < -0.3 is 10.4 Å². The summed E-state index contributed by atoms with van der Waals surface area (Å²) in [6, 6.07) is 19.6. The molecule has 0 saturated heterocycles. The van der Waals surface area contributed by atoms with Gasteiger partial charge in [0, 0.05) is 11.1 Å². The Hall–Kier alpha value is -3.42. The van der Waals surface area contributed by atoms with Crippen LogP contribution in [-0.4, -0.2) is 24.0 Å². The van der Waals surface area contributed by atoms with E-state index in [4.69, 9.17) is 0 Å². The number of phenolic OH excluding ortho intramolecular Hbond substituents is 1. The van der Waals surface area contributed by atoms with Crippen molar-refractivity contribution in [3.63, 3.8) is 0 Å². The third-order valence-corrected chi connectivity index (χ3v) is 5.36. The van der Waals surface area contributed by atoms with E-state index in [1.807, 2.05) is 24.3 Å². The maximum absolute atomic E-state index is 12.7. The summed E-state index contributed by atoms with van der Waals surface area (Å²) < 4.78 is 31.9. The standard InChI is InChI=1S/C21H15NO5S/c23-20-12-14-5-2-1-4-13(14)11-18(20)21(24)22-19-7-3-6-15-10-16(28(25,26)27)8-9-17(15)19/h1-12,23H,(H,22,24)(H,25,26,27). The van der Waals surface area contributed by atoms with Crippen molar-refractivity contribution in [1.29, 1.82) is 0 Å². The van der Waals surface area contributed by atoms with Crippen molar-refractivity contribution in [1.82, 2.24) is 0 Å². The van der Waals surface area contributed by atoms with Crippen LogP contribution in [0.1, 0.15) is 10.4 Å². The van der Waals surface area contributed by atoms with Crippen molar-refractivity contribution < 1.29 is 22.9 Å². The predicted molar refractivity (Wildman–Crippen MR) is 107 cm³/mol. The highest BCUT2D eigenvalue weighted by atomic mass is 32.2. The molecular formula is C21H15NO5S. The molecule has 1 amide bonds. The largest absolute Gasteiger partial charge is 0.507 e. The first kappa shape index (κ1) is 18.0. The predicted octanol–water partition coefficient (Wildman–Crippen LogP) is 4.20. The molecule has 0 aromatic heterocycles. The normalized spacial score (nSPS) is 11.6. The molecule has 4 aromatic carbocycles. The summed E-state index contributed by atoms with van der Waals surface area (Å²) in [6.45, 7) is 0. The third kappa shape index (κ3) is 3.28. The van der Waals surface area contributed by atoms with Gasteiger partial charge in [0.1, 0.15) is 5.75 Å². The van der Waals surface area contributed by atoms with E-state index in [1.165, 1.54) is 24.3 Å². The summed E-state index contributed by atoms with van der Waals surface area (Å²) >= 11 is 0. The molecule has 4 rings (SSSR count). The number of aromatic hydroxyl groups is 1. The Labute approximate surface area is 160 Å². The number of fused-ring (bicyclic) bond motifs is 2. The first-order chi connectivity index (χ1) is 13.3. The molecule has 0 bridgehead atoms.